The third-order valence-electron chi connectivity index (χ3n) is 3.35. The minimum absolute atomic E-state index is 0.0109. The number of hydrogen-bond donors (Lipinski definition) is 2. The van der Waals surface area contributed by atoms with Gasteiger partial charge in [-0.1, -0.05) is 36.4 Å². The molecule has 0 bridgehead atoms. The normalized spacial score (nSPS) is 18.3. The molecular weight excluding hydrogens is 240 g/mol. The maximum absolute atomic E-state index is 12.3. The van der Waals surface area contributed by atoms with Crippen LogP contribution in [0.2, 0.25) is 0 Å². The summed E-state index contributed by atoms with van der Waals surface area (Å²) in [6.07, 6.45) is 0.358. The van der Waals surface area contributed by atoms with Crippen LogP contribution in [0.5, 0.6) is 0 Å². The molecular formula is C15H14N2O2. The summed E-state index contributed by atoms with van der Waals surface area (Å²) in [6, 6.07) is 13.3. The van der Waals surface area contributed by atoms with E-state index in [9.17, 15) is 9.59 Å². The molecule has 1 aliphatic heterocycles. The number of benzene rings is 2. The Bertz CT molecular complexity index is 646. The first-order valence-electron chi connectivity index (χ1n) is 6.29. The molecule has 1 atom stereocenters. The molecule has 0 spiro atoms. The number of nitrogens with one attached hydrogen (secondary N) is 2. The zero-order valence-corrected chi connectivity index (χ0v) is 10.3. The summed E-state index contributed by atoms with van der Waals surface area (Å²) in [5.74, 6) is -0.137. The van der Waals surface area contributed by atoms with Gasteiger partial charge in [0.25, 0.3) is 5.91 Å². The molecule has 3 rings (SSSR count). The molecule has 2 N–H and O–H groups in total. The van der Waals surface area contributed by atoms with Gasteiger partial charge in [-0.05, 0) is 16.8 Å². The van der Waals surface area contributed by atoms with Crippen LogP contribution < -0.4 is 10.6 Å². The highest BCUT2D eigenvalue weighted by atomic mass is 16.2. The second kappa shape index (κ2) is 4.72. The molecule has 2 amide bonds. The molecule has 1 heterocycles. The Hall–Kier alpha value is -2.36. The van der Waals surface area contributed by atoms with E-state index >= 15 is 0 Å². The Labute approximate surface area is 110 Å². The van der Waals surface area contributed by atoms with Crippen LogP contribution in [0.25, 0.3) is 10.8 Å². The third kappa shape index (κ3) is 2.29. The Balaban J connectivity index is 1.87. The van der Waals surface area contributed by atoms with E-state index in [1.54, 1.807) is 0 Å². The molecule has 4 nitrogen and oxygen atoms in total. The maximum atomic E-state index is 12.3. The van der Waals surface area contributed by atoms with E-state index in [2.05, 4.69) is 10.6 Å². The highest BCUT2D eigenvalue weighted by Gasteiger charge is 2.23. The van der Waals surface area contributed by atoms with Gasteiger partial charge < -0.3 is 10.6 Å². The van der Waals surface area contributed by atoms with E-state index in [1.165, 1.54) is 0 Å². The highest BCUT2D eigenvalue weighted by Crippen LogP contribution is 2.18. The predicted octanol–water partition coefficient (Wildman–Crippen LogP) is 1.46. The first kappa shape index (κ1) is 11.7. The molecule has 4 heteroatoms. The van der Waals surface area contributed by atoms with Gasteiger partial charge in [0.05, 0.1) is 6.04 Å². The number of fused-ring (bicyclic) bond motifs is 1. The van der Waals surface area contributed by atoms with Crippen molar-refractivity contribution in [3.8, 4) is 0 Å². The zero-order chi connectivity index (χ0) is 13.2. The van der Waals surface area contributed by atoms with Crippen molar-refractivity contribution >= 4 is 22.6 Å². The maximum Gasteiger partial charge on any atom is 0.252 e. The van der Waals surface area contributed by atoms with Gasteiger partial charge >= 0.3 is 0 Å². The molecule has 1 saturated heterocycles. The Morgan fingerprint density at radius 2 is 1.95 bits per heavy atom. The average Bonchev–Trinajstić information content (AvgIpc) is 2.83. The molecule has 0 aromatic heterocycles. The molecule has 1 aliphatic rings. The van der Waals surface area contributed by atoms with Crippen LogP contribution >= 0.6 is 0 Å². The molecule has 2 aromatic carbocycles. The van der Waals surface area contributed by atoms with Gasteiger partial charge in [0.1, 0.15) is 0 Å². The number of amides is 2. The van der Waals surface area contributed by atoms with E-state index < -0.39 is 0 Å². The van der Waals surface area contributed by atoms with Crippen LogP contribution in [0.3, 0.4) is 0 Å². The number of carbonyl (C=O) groups is 2. The highest BCUT2D eigenvalue weighted by molar-refractivity contribution is 6.07. The summed E-state index contributed by atoms with van der Waals surface area (Å²) >= 11 is 0. The molecule has 0 aliphatic carbocycles. The molecule has 19 heavy (non-hydrogen) atoms. The zero-order valence-electron chi connectivity index (χ0n) is 10.3. The second-order valence-corrected chi connectivity index (χ2v) is 4.71. The van der Waals surface area contributed by atoms with E-state index in [1.807, 2.05) is 42.5 Å². The lowest BCUT2D eigenvalue weighted by Crippen LogP contribution is -2.36. The summed E-state index contributed by atoms with van der Waals surface area (Å²) in [7, 11) is 0. The van der Waals surface area contributed by atoms with Gasteiger partial charge in [-0.15, -0.1) is 0 Å². The van der Waals surface area contributed by atoms with E-state index in [0.717, 1.165) is 10.8 Å². The molecule has 0 saturated carbocycles. The van der Waals surface area contributed by atoms with Gasteiger partial charge in [0, 0.05) is 18.5 Å². The van der Waals surface area contributed by atoms with Gasteiger partial charge in [-0.25, -0.2) is 0 Å². The van der Waals surface area contributed by atoms with E-state index in [0.29, 0.717) is 18.5 Å². The summed E-state index contributed by atoms with van der Waals surface area (Å²) in [6.45, 7) is 0.509. The van der Waals surface area contributed by atoms with Crippen molar-refractivity contribution in [2.24, 2.45) is 0 Å². The summed E-state index contributed by atoms with van der Waals surface area (Å²) in [4.78, 5) is 23.4. The fraction of sp³-hybridized carbons (Fsp3) is 0.200. The second-order valence-electron chi connectivity index (χ2n) is 4.71. The van der Waals surface area contributed by atoms with E-state index in [-0.39, 0.29) is 17.9 Å². The molecule has 2 aromatic rings. The van der Waals surface area contributed by atoms with Crippen molar-refractivity contribution in [3.63, 3.8) is 0 Å². The Morgan fingerprint density at radius 3 is 2.74 bits per heavy atom. The first-order valence-corrected chi connectivity index (χ1v) is 6.29. The van der Waals surface area contributed by atoms with Crippen LogP contribution in [-0.2, 0) is 4.79 Å². The van der Waals surface area contributed by atoms with Gasteiger partial charge in [0.2, 0.25) is 5.91 Å². The van der Waals surface area contributed by atoms with E-state index in [4.69, 9.17) is 0 Å². The van der Waals surface area contributed by atoms with Crippen LogP contribution in [-0.4, -0.2) is 24.4 Å². The molecule has 1 fully saturated rings. The van der Waals surface area contributed by atoms with Crippen molar-refractivity contribution in [2.45, 2.75) is 12.5 Å². The third-order valence-corrected chi connectivity index (χ3v) is 3.35. The Morgan fingerprint density at radius 1 is 1.16 bits per heavy atom. The van der Waals surface area contributed by atoms with Crippen molar-refractivity contribution < 1.29 is 9.59 Å². The summed E-state index contributed by atoms with van der Waals surface area (Å²) < 4.78 is 0. The fourth-order valence-electron chi connectivity index (χ4n) is 2.39. The average molecular weight is 254 g/mol. The minimum Gasteiger partial charge on any atom is -0.354 e. The largest absolute Gasteiger partial charge is 0.354 e. The van der Waals surface area contributed by atoms with Crippen LogP contribution in [0, 0.1) is 0 Å². The predicted molar refractivity (Wildman–Crippen MR) is 72.8 cm³/mol. The SMILES string of the molecule is O=C1C[C@@H](NC(=O)c2cccc3ccccc23)CN1. The van der Waals surface area contributed by atoms with Crippen molar-refractivity contribution in [2.75, 3.05) is 6.54 Å². The smallest absolute Gasteiger partial charge is 0.252 e. The van der Waals surface area contributed by atoms with Gasteiger partial charge in [-0.3, -0.25) is 9.59 Å². The number of carbonyl (C=O) groups excluding carboxylic acids is 2. The van der Waals surface area contributed by atoms with Crippen molar-refractivity contribution in [1.82, 2.24) is 10.6 Å². The molecule has 0 radical (unpaired) electrons. The van der Waals surface area contributed by atoms with Gasteiger partial charge in [0.15, 0.2) is 0 Å². The van der Waals surface area contributed by atoms with Crippen LogP contribution in [0.15, 0.2) is 42.5 Å². The van der Waals surface area contributed by atoms with Crippen molar-refractivity contribution in [3.05, 3.63) is 48.0 Å². The first-order chi connectivity index (χ1) is 9.24. The monoisotopic (exact) mass is 254 g/mol. The molecule has 96 valence electrons. The standard InChI is InChI=1S/C15H14N2O2/c18-14-8-11(9-16-14)17-15(19)13-7-3-5-10-4-1-2-6-12(10)13/h1-7,11H,8-9H2,(H,16,18)(H,17,19)/t11-/m1/s1. The summed E-state index contributed by atoms with van der Waals surface area (Å²) in [5, 5.41) is 7.57. The van der Waals surface area contributed by atoms with Crippen LogP contribution in [0.4, 0.5) is 0 Å². The summed E-state index contributed by atoms with van der Waals surface area (Å²) in [5.41, 5.74) is 0.650. The molecule has 0 unspecified atom stereocenters. The Kier molecular flexibility index (Phi) is 2.91. The topological polar surface area (TPSA) is 58.2 Å². The van der Waals surface area contributed by atoms with Crippen LogP contribution in [0.1, 0.15) is 16.8 Å². The lowest BCUT2D eigenvalue weighted by molar-refractivity contribution is -0.119. The quantitative estimate of drug-likeness (QED) is 0.852. The number of hydrogen-bond acceptors (Lipinski definition) is 2. The lowest BCUT2D eigenvalue weighted by atomic mass is 10.0. The number of rotatable bonds is 2. The minimum atomic E-state index is -0.127. The van der Waals surface area contributed by atoms with Crippen molar-refractivity contribution in [1.29, 1.82) is 0 Å². The lowest BCUT2D eigenvalue weighted by Gasteiger charge is -2.12. The van der Waals surface area contributed by atoms with Gasteiger partial charge in [-0.2, -0.15) is 0 Å². The fourth-order valence-corrected chi connectivity index (χ4v) is 2.39.